The third-order valence-corrected chi connectivity index (χ3v) is 11.8. The lowest BCUT2D eigenvalue weighted by molar-refractivity contribution is -0.136. The van der Waals surface area contributed by atoms with Crippen LogP contribution in [0.4, 0.5) is 23.1 Å². The molecule has 3 aliphatic heterocycles. The Kier molecular flexibility index (Phi) is 9.76. The first-order chi connectivity index (χ1) is 28.2. The largest absolute Gasteiger partial charge is 0.368 e. The molecular formula is C44H43N9O5. The van der Waals surface area contributed by atoms with E-state index in [4.69, 9.17) is 4.98 Å². The van der Waals surface area contributed by atoms with Gasteiger partial charge in [0.25, 0.3) is 11.8 Å². The van der Waals surface area contributed by atoms with Gasteiger partial charge in [-0.3, -0.25) is 34.2 Å². The van der Waals surface area contributed by atoms with Crippen molar-refractivity contribution >= 4 is 63.6 Å². The van der Waals surface area contributed by atoms with Crippen molar-refractivity contribution in [2.45, 2.75) is 63.6 Å². The van der Waals surface area contributed by atoms with Crippen molar-refractivity contribution in [2.75, 3.05) is 46.2 Å². The quantitative estimate of drug-likeness (QED) is 0.200. The maximum Gasteiger partial charge on any atom is 0.262 e. The molecule has 0 bridgehead atoms. The molecule has 0 spiro atoms. The van der Waals surface area contributed by atoms with Crippen molar-refractivity contribution in [1.82, 2.24) is 25.2 Å². The number of fused-ring (bicyclic) bond motifs is 2. The Morgan fingerprint density at radius 2 is 1.48 bits per heavy atom. The Labute approximate surface area is 335 Å². The summed E-state index contributed by atoms with van der Waals surface area (Å²) in [6.45, 7) is 4.43. The molecule has 0 radical (unpaired) electrons. The number of anilines is 4. The van der Waals surface area contributed by atoms with Crippen LogP contribution in [0.5, 0.6) is 0 Å². The molecule has 2 aromatic heterocycles. The summed E-state index contributed by atoms with van der Waals surface area (Å²) in [6, 6.07) is 24.8. The molecule has 3 fully saturated rings. The Morgan fingerprint density at radius 3 is 2.21 bits per heavy atom. The van der Waals surface area contributed by atoms with Gasteiger partial charge in [-0.25, -0.2) is 15.0 Å². The molecule has 2 saturated heterocycles. The predicted molar refractivity (Wildman–Crippen MR) is 220 cm³/mol. The van der Waals surface area contributed by atoms with Crippen LogP contribution in [0.3, 0.4) is 0 Å². The van der Waals surface area contributed by atoms with E-state index in [0.29, 0.717) is 32.1 Å². The summed E-state index contributed by atoms with van der Waals surface area (Å²) in [5, 5.41) is 6.76. The number of carbonyl (C=O) groups is 5. The zero-order valence-electron chi connectivity index (χ0n) is 32.1. The molecule has 14 nitrogen and oxygen atoms in total. The number of aromatic nitrogens is 3. The van der Waals surface area contributed by atoms with Crippen molar-refractivity contribution in [1.29, 1.82) is 0 Å². The number of nitrogens with zero attached hydrogens (tertiary/aromatic N) is 7. The van der Waals surface area contributed by atoms with Gasteiger partial charge in [-0.15, -0.1) is 0 Å². The minimum atomic E-state index is -0.990. The monoisotopic (exact) mass is 777 g/mol. The fraction of sp³-hybridized carbons (Fsp3) is 0.318. The lowest BCUT2D eigenvalue weighted by Crippen LogP contribution is -2.54. The summed E-state index contributed by atoms with van der Waals surface area (Å²) in [4.78, 5) is 84.8. The van der Waals surface area contributed by atoms with Crippen LogP contribution in [0.1, 0.15) is 66.2 Å². The number of hydrogen-bond donors (Lipinski definition) is 2. The molecule has 9 rings (SSSR count). The lowest BCUT2D eigenvalue weighted by Gasteiger charge is -2.37. The highest BCUT2D eigenvalue weighted by Crippen LogP contribution is 2.33. The Balaban J connectivity index is 0.790. The van der Waals surface area contributed by atoms with Gasteiger partial charge in [-0.2, -0.15) is 0 Å². The lowest BCUT2D eigenvalue weighted by atomic mass is 9.89. The van der Waals surface area contributed by atoms with Gasteiger partial charge in [0.1, 0.15) is 11.9 Å². The van der Waals surface area contributed by atoms with Crippen LogP contribution in [0.2, 0.25) is 0 Å². The summed E-state index contributed by atoms with van der Waals surface area (Å²) in [7, 11) is 0. The normalized spacial score (nSPS) is 20.9. The number of piperazine rings is 1. The number of imide groups is 2. The van der Waals surface area contributed by atoms with Gasteiger partial charge >= 0.3 is 0 Å². The fourth-order valence-corrected chi connectivity index (χ4v) is 8.76. The standard InChI is InChI=1S/C44H43N9O5/c1-27(54)52(33-13-9-31(10-14-33)47-44-46-26-30-4-2-3-5-37(30)48-44)32-11-6-28(7-12-32)29-8-18-39(45-25-29)51-22-20-50(21-23-51)34-15-16-35-36(24-34)43(58)53(42(35)57)38-17-19-40(55)49-41(38)56/h2-8,11-12,15-16,18,24-26,31,33,38H,9-10,13-14,17,19-23H2,1H3,(H,46,47,48)(H,49,55,56). The average molecular weight is 778 g/mol. The molecule has 14 heteroatoms. The minimum absolute atomic E-state index is 0.0318. The fourth-order valence-electron chi connectivity index (χ4n) is 8.76. The van der Waals surface area contributed by atoms with E-state index in [1.165, 1.54) is 0 Å². The Hall–Kier alpha value is -6.70. The zero-order chi connectivity index (χ0) is 39.9. The molecule has 3 aromatic carbocycles. The maximum atomic E-state index is 13.3. The number of rotatable bonds is 8. The molecule has 294 valence electrons. The van der Waals surface area contributed by atoms with Crippen LogP contribution in [0.15, 0.2) is 91.3 Å². The third-order valence-electron chi connectivity index (χ3n) is 11.8. The first-order valence-electron chi connectivity index (χ1n) is 19.9. The van der Waals surface area contributed by atoms with Crippen molar-refractivity contribution in [2.24, 2.45) is 0 Å². The SMILES string of the molecule is CC(=O)N(c1ccc(-c2ccc(N3CCN(c4ccc5c(c4)C(=O)N(C4CCC(=O)NC4=O)C5=O)CC3)nc2)cc1)C1CCC(Nc2ncc3ccccc3n2)CC1. The van der Waals surface area contributed by atoms with E-state index in [2.05, 4.69) is 36.5 Å². The smallest absolute Gasteiger partial charge is 0.262 e. The van der Waals surface area contributed by atoms with Gasteiger partial charge in [0.2, 0.25) is 23.7 Å². The number of carbonyl (C=O) groups excluding carboxylic acids is 5. The number of benzene rings is 3. The molecule has 5 amide bonds. The van der Waals surface area contributed by atoms with Crippen LogP contribution in [0, 0.1) is 0 Å². The summed E-state index contributed by atoms with van der Waals surface area (Å²) >= 11 is 0. The summed E-state index contributed by atoms with van der Waals surface area (Å²) in [5.41, 5.74) is 5.18. The van der Waals surface area contributed by atoms with Crippen LogP contribution in [-0.2, 0) is 14.4 Å². The van der Waals surface area contributed by atoms with Crippen molar-refractivity contribution in [3.63, 3.8) is 0 Å². The van der Waals surface area contributed by atoms with E-state index in [-0.39, 0.29) is 42.0 Å². The molecule has 5 aromatic rings. The van der Waals surface area contributed by atoms with Crippen molar-refractivity contribution < 1.29 is 24.0 Å². The van der Waals surface area contributed by atoms with E-state index in [0.717, 1.165) is 69.8 Å². The van der Waals surface area contributed by atoms with Gasteiger partial charge in [-0.1, -0.05) is 30.3 Å². The summed E-state index contributed by atoms with van der Waals surface area (Å²) in [6.07, 6.45) is 7.53. The highest BCUT2D eigenvalue weighted by Gasteiger charge is 2.45. The van der Waals surface area contributed by atoms with E-state index in [1.54, 1.807) is 19.1 Å². The summed E-state index contributed by atoms with van der Waals surface area (Å²) < 4.78 is 0. The van der Waals surface area contributed by atoms with Crippen molar-refractivity contribution in [3.05, 3.63) is 102 Å². The second-order valence-electron chi connectivity index (χ2n) is 15.4. The average Bonchev–Trinajstić information content (AvgIpc) is 3.49. The van der Waals surface area contributed by atoms with Gasteiger partial charge < -0.3 is 20.0 Å². The van der Waals surface area contributed by atoms with E-state index < -0.39 is 29.7 Å². The molecule has 4 aliphatic rings. The predicted octanol–water partition coefficient (Wildman–Crippen LogP) is 5.20. The second kappa shape index (κ2) is 15.3. The van der Waals surface area contributed by atoms with Gasteiger partial charge in [0.05, 0.1) is 16.6 Å². The Bertz CT molecular complexity index is 2420. The molecule has 1 atom stereocenters. The molecule has 1 saturated carbocycles. The highest BCUT2D eigenvalue weighted by atomic mass is 16.2. The maximum absolute atomic E-state index is 13.3. The molecule has 5 heterocycles. The first kappa shape index (κ1) is 36.9. The van der Waals surface area contributed by atoms with E-state index in [1.807, 2.05) is 78.0 Å². The highest BCUT2D eigenvalue weighted by molar-refractivity contribution is 6.23. The zero-order valence-corrected chi connectivity index (χ0v) is 32.1. The molecule has 1 unspecified atom stereocenters. The number of amides is 5. The van der Waals surface area contributed by atoms with Gasteiger partial charge in [-0.05, 0) is 86.2 Å². The van der Waals surface area contributed by atoms with Crippen LogP contribution in [-0.4, -0.2) is 93.7 Å². The number of para-hydroxylation sites is 1. The molecule has 1 aliphatic carbocycles. The Morgan fingerprint density at radius 1 is 0.759 bits per heavy atom. The number of pyridine rings is 1. The van der Waals surface area contributed by atoms with E-state index >= 15 is 0 Å². The number of hydrogen-bond acceptors (Lipinski definition) is 11. The van der Waals surface area contributed by atoms with Crippen LogP contribution in [0.25, 0.3) is 22.0 Å². The van der Waals surface area contributed by atoms with Crippen LogP contribution < -0.4 is 25.3 Å². The topological polar surface area (TPSA) is 161 Å². The second-order valence-corrected chi connectivity index (χ2v) is 15.4. The molecular weight excluding hydrogens is 735 g/mol. The molecule has 2 N–H and O–H groups in total. The van der Waals surface area contributed by atoms with Crippen molar-refractivity contribution in [3.8, 4) is 11.1 Å². The third kappa shape index (κ3) is 7.10. The van der Waals surface area contributed by atoms with E-state index in [9.17, 15) is 24.0 Å². The van der Waals surface area contributed by atoms with Gasteiger partial charge in [0.15, 0.2) is 0 Å². The minimum Gasteiger partial charge on any atom is -0.368 e. The van der Waals surface area contributed by atoms with Gasteiger partial charge in [0, 0.05) is 86.3 Å². The number of piperidine rings is 1. The van der Waals surface area contributed by atoms with Crippen LogP contribution >= 0.6 is 0 Å². The number of nitrogens with one attached hydrogen (secondary N) is 2. The summed E-state index contributed by atoms with van der Waals surface area (Å²) in [5.74, 6) is -0.497. The first-order valence-corrected chi connectivity index (χ1v) is 19.9. The molecule has 58 heavy (non-hydrogen) atoms.